The predicted octanol–water partition coefficient (Wildman–Crippen LogP) is 4.63. The van der Waals surface area contributed by atoms with Gasteiger partial charge in [0.25, 0.3) is 11.8 Å². The van der Waals surface area contributed by atoms with E-state index in [1.165, 1.54) is 6.07 Å². The largest absolute Gasteiger partial charge is 0.352 e. The van der Waals surface area contributed by atoms with Crippen LogP contribution in [0.1, 0.15) is 45.4 Å². The summed E-state index contributed by atoms with van der Waals surface area (Å²) in [6, 6.07) is 15.0. The van der Waals surface area contributed by atoms with Gasteiger partial charge in [-0.3, -0.25) is 9.59 Å². The molecular formula is C23H24FN3O2. The zero-order valence-electron chi connectivity index (χ0n) is 16.8. The van der Waals surface area contributed by atoms with E-state index in [1.807, 2.05) is 13.8 Å². The zero-order chi connectivity index (χ0) is 21.0. The monoisotopic (exact) mass is 393 g/mol. The Balaban J connectivity index is 1.85. The van der Waals surface area contributed by atoms with Crippen LogP contribution < -0.4 is 10.6 Å². The van der Waals surface area contributed by atoms with E-state index in [4.69, 9.17) is 0 Å². The third-order valence-electron chi connectivity index (χ3n) is 4.69. The van der Waals surface area contributed by atoms with Crippen molar-refractivity contribution >= 4 is 17.5 Å². The van der Waals surface area contributed by atoms with Crippen molar-refractivity contribution in [1.82, 2.24) is 9.88 Å². The van der Waals surface area contributed by atoms with Crippen molar-refractivity contribution in [3.05, 3.63) is 82.9 Å². The minimum atomic E-state index is -0.355. The van der Waals surface area contributed by atoms with Crippen LogP contribution >= 0.6 is 0 Å². The van der Waals surface area contributed by atoms with Gasteiger partial charge in [-0.1, -0.05) is 25.1 Å². The number of hydrogen-bond donors (Lipinski definition) is 2. The second-order valence-electron chi connectivity index (χ2n) is 6.86. The van der Waals surface area contributed by atoms with Crippen LogP contribution in [-0.4, -0.2) is 22.9 Å². The van der Waals surface area contributed by atoms with Gasteiger partial charge in [-0.05, 0) is 56.7 Å². The van der Waals surface area contributed by atoms with Gasteiger partial charge in [0.15, 0.2) is 0 Å². The number of halogens is 1. The molecule has 0 bridgehead atoms. The molecule has 0 aliphatic carbocycles. The number of carbonyl (C=O) groups is 2. The lowest BCUT2D eigenvalue weighted by atomic mass is 10.1. The van der Waals surface area contributed by atoms with Crippen LogP contribution in [0.4, 0.5) is 10.1 Å². The van der Waals surface area contributed by atoms with Crippen molar-refractivity contribution in [2.45, 2.75) is 27.2 Å². The number of aryl methyl sites for hydroxylation is 1. The molecule has 29 heavy (non-hydrogen) atoms. The minimum absolute atomic E-state index is 0.180. The van der Waals surface area contributed by atoms with E-state index < -0.39 is 0 Å². The molecule has 0 atom stereocenters. The Bertz CT molecular complexity index is 1060. The van der Waals surface area contributed by atoms with E-state index in [1.54, 1.807) is 60.0 Å². The fourth-order valence-electron chi connectivity index (χ4n) is 3.27. The fraction of sp³-hybridized carbons (Fsp3) is 0.217. The van der Waals surface area contributed by atoms with Gasteiger partial charge in [-0.15, -0.1) is 0 Å². The van der Waals surface area contributed by atoms with E-state index in [-0.39, 0.29) is 17.6 Å². The topological polar surface area (TPSA) is 63.1 Å². The Hall–Kier alpha value is -3.41. The summed E-state index contributed by atoms with van der Waals surface area (Å²) in [7, 11) is 0. The quantitative estimate of drug-likeness (QED) is 0.642. The summed E-state index contributed by atoms with van der Waals surface area (Å²) in [5.41, 5.74) is 3.25. The number of hydrogen-bond acceptors (Lipinski definition) is 2. The molecule has 1 aromatic heterocycles. The molecule has 0 unspecified atom stereocenters. The molecule has 0 aliphatic heterocycles. The second kappa shape index (κ2) is 8.73. The zero-order valence-corrected chi connectivity index (χ0v) is 16.8. The Morgan fingerprint density at radius 3 is 2.48 bits per heavy atom. The Kier molecular flexibility index (Phi) is 6.12. The van der Waals surface area contributed by atoms with Crippen molar-refractivity contribution < 1.29 is 14.0 Å². The molecule has 0 saturated heterocycles. The van der Waals surface area contributed by atoms with E-state index >= 15 is 0 Å². The average Bonchev–Trinajstić information content (AvgIpc) is 3.01. The highest BCUT2D eigenvalue weighted by Crippen LogP contribution is 2.24. The molecule has 2 amide bonds. The lowest BCUT2D eigenvalue weighted by Gasteiger charge is -2.11. The van der Waals surface area contributed by atoms with E-state index in [0.717, 1.165) is 12.1 Å². The molecule has 3 aromatic rings. The number of aromatic nitrogens is 1. The van der Waals surface area contributed by atoms with Crippen molar-refractivity contribution in [2.24, 2.45) is 0 Å². The molecule has 0 fully saturated rings. The number of para-hydroxylation sites is 1. The highest BCUT2D eigenvalue weighted by atomic mass is 19.1. The van der Waals surface area contributed by atoms with Gasteiger partial charge < -0.3 is 15.2 Å². The molecule has 0 radical (unpaired) electrons. The number of anilines is 1. The van der Waals surface area contributed by atoms with Crippen LogP contribution in [0.15, 0.2) is 54.6 Å². The van der Waals surface area contributed by atoms with E-state index in [0.29, 0.717) is 34.7 Å². The molecule has 0 aliphatic rings. The number of carbonyl (C=O) groups excluding carboxylic acids is 2. The van der Waals surface area contributed by atoms with Gasteiger partial charge in [-0.2, -0.15) is 0 Å². The third kappa shape index (κ3) is 4.37. The SMILES string of the molecule is CCCNC(=O)c1cccc(NC(=O)c2cc(C)n(-c3ccccc3F)c2C)c1. The van der Waals surface area contributed by atoms with Gasteiger partial charge in [0.2, 0.25) is 0 Å². The average molecular weight is 393 g/mol. The van der Waals surface area contributed by atoms with Crippen molar-refractivity contribution in [1.29, 1.82) is 0 Å². The molecular weight excluding hydrogens is 369 g/mol. The van der Waals surface area contributed by atoms with Crippen LogP contribution in [0.5, 0.6) is 0 Å². The highest BCUT2D eigenvalue weighted by Gasteiger charge is 2.18. The molecule has 5 nitrogen and oxygen atoms in total. The van der Waals surface area contributed by atoms with Crippen LogP contribution in [0.25, 0.3) is 5.69 Å². The summed E-state index contributed by atoms with van der Waals surface area (Å²) in [6.45, 7) is 6.18. The first-order valence-electron chi connectivity index (χ1n) is 9.55. The van der Waals surface area contributed by atoms with Gasteiger partial charge in [0.05, 0.1) is 11.3 Å². The highest BCUT2D eigenvalue weighted by molar-refractivity contribution is 6.06. The fourth-order valence-corrected chi connectivity index (χ4v) is 3.27. The molecule has 0 saturated carbocycles. The standard InChI is InChI=1S/C23H24FN3O2/c1-4-12-25-22(28)17-8-7-9-18(14-17)26-23(29)19-13-15(2)27(16(19)3)21-11-6-5-10-20(21)24/h5-11,13-14H,4,12H2,1-3H3,(H,25,28)(H,26,29). The van der Waals surface area contributed by atoms with Crippen LogP contribution in [-0.2, 0) is 0 Å². The van der Waals surface area contributed by atoms with Gasteiger partial charge in [-0.25, -0.2) is 4.39 Å². The Morgan fingerprint density at radius 1 is 1.00 bits per heavy atom. The van der Waals surface area contributed by atoms with Crippen molar-refractivity contribution in [3.63, 3.8) is 0 Å². The van der Waals surface area contributed by atoms with Crippen LogP contribution in [0, 0.1) is 19.7 Å². The minimum Gasteiger partial charge on any atom is -0.352 e. The third-order valence-corrected chi connectivity index (χ3v) is 4.69. The molecule has 3 rings (SSSR count). The summed E-state index contributed by atoms with van der Waals surface area (Å²) in [6.07, 6.45) is 0.847. The number of benzene rings is 2. The first-order valence-corrected chi connectivity index (χ1v) is 9.55. The Labute approximate surface area is 169 Å². The van der Waals surface area contributed by atoms with Crippen LogP contribution in [0.2, 0.25) is 0 Å². The maximum absolute atomic E-state index is 14.2. The van der Waals surface area contributed by atoms with Gasteiger partial charge in [0, 0.05) is 29.2 Å². The summed E-state index contributed by atoms with van der Waals surface area (Å²) in [5.74, 6) is -0.848. The summed E-state index contributed by atoms with van der Waals surface area (Å²) >= 11 is 0. The maximum atomic E-state index is 14.2. The van der Waals surface area contributed by atoms with Crippen LogP contribution in [0.3, 0.4) is 0 Å². The van der Waals surface area contributed by atoms with E-state index in [2.05, 4.69) is 10.6 Å². The maximum Gasteiger partial charge on any atom is 0.257 e. The number of nitrogens with zero attached hydrogens (tertiary/aromatic N) is 1. The number of nitrogens with one attached hydrogen (secondary N) is 2. The summed E-state index contributed by atoms with van der Waals surface area (Å²) < 4.78 is 16.0. The Morgan fingerprint density at radius 2 is 1.76 bits per heavy atom. The smallest absolute Gasteiger partial charge is 0.257 e. The van der Waals surface area contributed by atoms with E-state index in [9.17, 15) is 14.0 Å². The first kappa shape index (κ1) is 20.3. The first-order chi connectivity index (χ1) is 13.9. The lowest BCUT2D eigenvalue weighted by Crippen LogP contribution is -2.24. The molecule has 150 valence electrons. The summed E-state index contributed by atoms with van der Waals surface area (Å²) in [4.78, 5) is 25.0. The predicted molar refractivity (Wildman–Crippen MR) is 112 cm³/mol. The number of rotatable bonds is 6. The lowest BCUT2D eigenvalue weighted by molar-refractivity contribution is 0.0952. The normalized spacial score (nSPS) is 10.6. The van der Waals surface area contributed by atoms with Gasteiger partial charge >= 0.3 is 0 Å². The second-order valence-corrected chi connectivity index (χ2v) is 6.86. The molecule has 0 spiro atoms. The molecule has 2 aromatic carbocycles. The molecule has 6 heteroatoms. The van der Waals surface area contributed by atoms with Crippen molar-refractivity contribution in [2.75, 3.05) is 11.9 Å². The van der Waals surface area contributed by atoms with Crippen molar-refractivity contribution in [3.8, 4) is 5.69 Å². The molecule has 2 N–H and O–H groups in total. The molecule has 1 heterocycles. The van der Waals surface area contributed by atoms with Gasteiger partial charge in [0.1, 0.15) is 5.82 Å². The number of amides is 2. The summed E-state index contributed by atoms with van der Waals surface area (Å²) in [5, 5.41) is 5.64.